The molecule has 3 rings (SSSR count). The topological polar surface area (TPSA) is 87.1 Å². The number of carbonyl (C=O) groups excluding carboxylic acids is 1. The summed E-state index contributed by atoms with van der Waals surface area (Å²) < 4.78 is 0. The lowest BCUT2D eigenvalue weighted by Gasteiger charge is -2.22. The van der Waals surface area contributed by atoms with E-state index in [0.29, 0.717) is 25.5 Å². The first kappa shape index (κ1) is 17.1. The predicted octanol–water partition coefficient (Wildman–Crippen LogP) is 1.12. The fraction of sp³-hybridized carbons (Fsp3) is 0.471. The Morgan fingerprint density at radius 2 is 1.96 bits per heavy atom. The SMILES string of the molecule is Cc1ccc(N2CCCN(C(=O)CCNc3ncccn3)CC2)nn1. The maximum absolute atomic E-state index is 12.4. The van der Waals surface area contributed by atoms with Gasteiger partial charge in [-0.1, -0.05) is 0 Å². The van der Waals surface area contributed by atoms with Crippen LogP contribution in [0.4, 0.5) is 11.8 Å². The van der Waals surface area contributed by atoms with Gasteiger partial charge in [0, 0.05) is 51.5 Å². The highest BCUT2D eigenvalue weighted by Gasteiger charge is 2.19. The van der Waals surface area contributed by atoms with Crippen LogP contribution in [0.2, 0.25) is 0 Å². The van der Waals surface area contributed by atoms with E-state index in [1.807, 2.05) is 24.0 Å². The lowest BCUT2D eigenvalue weighted by Crippen LogP contribution is -2.36. The highest BCUT2D eigenvalue weighted by Crippen LogP contribution is 2.13. The Morgan fingerprint density at radius 1 is 1.12 bits per heavy atom. The summed E-state index contributed by atoms with van der Waals surface area (Å²) in [6, 6.07) is 5.72. The van der Waals surface area contributed by atoms with Gasteiger partial charge in [-0.05, 0) is 31.5 Å². The molecule has 0 radical (unpaired) electrons. The molecule has 8 nitrogen and oxygen atoms in total. The third-order valence-corrected chi connectivity index (χ3v) is 4.14. The Labute approximate surface area is 147 Å². The minimum Gasteiger partial charge on any atom is -0.354 e. The van der Waals surface area contributed by atoms with Gasteiger partial charge in [0.15, 0.2) is 5.82 Å². The second kappa shape index (κ2) is 8.36. The number of aromatic nitrogens is 4. The maximum atomic E-state index is 12.4. The summed E-state index contributed by atoms with van der Waals surface area (Å²) in [7, 11) is 0. The Bertz CT molecular complexity index is 677. The van der Waals surface area contributed by atoms with E-state index in [2.05, 4.69) is 30.4 Å². The summed E-state index contributed by atoms with van der Waals surface area (Å²) in [5, 5.41) is 11.4. The molecule has 0 unspecified atom stereocenters. The number of rotatable bonds is 5. The lowest BCUT2D eigenvalue weighted by molar-refractivity contribution is -0.130. The molecule has 1 saturated heterocycles. The normalized spacial score (nSPS) is 14.9. The van der Waals surface area contributed by atoms with Crippen LogP contribution in [0, 0.1) is 6.92 Å². The number of aryl methyl sites for hydroxylation is 1. The van der Waals surface area contributed by atoms with Crippen molar-refractivity contribution in [2.45, 2.75) is 19.8 Å². The van der Waals surface area contributed by atoms with E-state index >= 15 is 0 Å². The summed E-state index contributed by atoms with van der Waals surface area (Å²) in [5.41, 5.74) is 0.908. The van der Waals surface area contributed by atoms with Crippen LogP contribution in [0.3, 0.4) is 0 Å². The van der Waals surface area contributed by atoms with Crippen LogP contribution in [0.25, 0.3) is 0 Å². The van der Waals surface area contributed by atoms with E-state index in [0.717, 1.165) is 37.6 Å². The van der Waals surface area contributed by atoms with E-state index in [9.17, 15) is 4.79 Å². The largest absolute Gasteiger partial charge is 0.354 e. The molecular weight excluding hydrogens is 318 g/mol. The van der Waals surface area contributed by atoms with Crippen LogP contribution in [-0.2, 0) is 4.79 Å². The van der Waals surface area contributed by atoms with Gasteiger partial charge in [0.05, 0.1) is 5.69 Å². The van der Waals surface area contributed by atoms with E-state index in [1.54, 1.807) is 18.5 Å². The van der Waals surface area contributed by atoms with Gasteiger partial charge in [0.1, 0.15) is 0 Å². The highest BCUT2D eigenvalue weighted by molar-refractivity contribution is 5.76. The first-order valence-corrected chi connectivity index (χ1v) is 8.56. The minimum atomic E-state index is 0.153. The van der Waals surface area contributed by atoms with Crippen molar-refractivity contribution in [1.82, 2.24) is 25.1 Å². The third-order valence-electron chi connectivity index (χ3n) is 4.14. The molecule has 0 bridgehead atoms. The molecule has 2 aromatic rings. The molecule has 25 heavy (non-hydrogen) atoms. The number of hydrogen-bond acceptors (Lipinski definition) is 7. The molecule has 132 valence electrons. The van der Waals surface area contributed by atoms with Crippen molar-refractivity contribution in [3.8, 4) is 0 Å². The highest BCUT2D eigenvalue weighted by atomic mass is 16.2. The molecule has 0 saturated carbocycles. The zero-order valence-corrected chi connectivity index (χ0v) is 14.4. The van der Waals surface area contributed by atoms with Gasteiger partial charge in [-0.15, -0.1) is 5.10 Å². The van der Waals surface area contributed by atoms with Gasteiger partial charge in [0.25, 0.3) is 0 Å². The average molecular weight is 341 g/mol. The first-order valence-electron chi connectivity index (χ1n) is 8.56. The van der Waals surface area contributed by atoms with Crippen LogP contribution >= 0.6 is 0 Å². The van der Waals surface area contributed by atoms with Crippen LogP contribution in [0.15, 0.2) is 30.6 Å². The van der Waals surface area contributed by atoms with E-state index in [4.69, 9.17) is 0 Å². The second-order valence-corrected chi connectivity index (χ2v) is 6.00. The molecule has 8 heteroatoms. The maximum Gasteiger partial charge on any atom is 0.224 e. The third kappa shape index (κ3) is 4.85. The quantitative estimate of drug-likeness (QED) is 0.872. The van der Waals surface area contributed by atoms with Gasteiger partial charge in [-0.25, -0.2) is 9.97 Å². The monoisotopic (exact) mass is 341 g/mol. The van der Waals surface area contributed by atoms with E-state index < -0.39 is 0 Å². The fourth-order valence-corrected chi connectivity index (χ4v) is 2.79. The van der Waals surface area contributed by atoms with E-state index in [-0.39, 0.29) is 5.91 Å². The smallest absolute Gasteiger partial charge is 0.224 e. The molecule has 1 N–H and O–H groups in total. The molecule has 2 aromatic heterocycles. The number of nitrogens with zero attached hydrogens (tertiary/aromatic N) is 6. The molecule has 1 amide bonds. The minimum absolute atomic E-state index is 0.153. The molecule has 1 aliphatic rings. The molecular formula is C17H23N7O. The molecule has 0 spiro atoms. The van der Waals surface area contributed by atoms with Crippen LogP contribution < -0.4 is 10.2 Å². The van der Waals surface area contributed by atoms with Crippen molar-refractivity contribution in [3.05, 3.63) is 36.3 Å². The number of nitrogens with one attached hydrogen (secondary N) is 1. The van der Waals surface area contributed by atoms with Crippen molar-refractivity contribution < 1.29 is 4.79 Å². The Morgan fingerprint density at radius 3 is 2.72 bits per heavy atom. The number of anilines is 2. The van der Waals surface area contributed by atoms with Crippen molar-refractivity contribution in [1.29, 1.82) is 0 Å². The van der Waals surface area contributed by atoms with Crippen molar-refractivity contribution in [3.63, 3.8) is 0 Å². The van der Waals surface area contributed by atoms with Gasteiger partial charge < -0.3 is 15.1 Å². The lowest BCUT2D eigenvalue weighted by atomic mass is 10.3. The number of carbonyl (C=O) groups is 1. The van der Waals surface area contributed by atoms with Crippen LogP contribution in [0.1, 0.15) is 18.5 Å². The van der Waals surface area contributed by atoms with Gasteiger partial charge in [-0.2, -0.15) is 5.10 Å². The standard InChI is InChI=1S/C17H23N7O/c1-14-4-5-15(22-21-14)23-10-3-11-24(13-12-23)16(25)6-9-20-17-18-7-2-8-19-17/h2,4-5,7-8H,3,6,9-13H2,1H3,(H,18,19,20). The number of amides is 1. The average Bonchev–Trinajstić information content (AvgIpc) is 2.89. The second-order valence-electron chi connectivity index (χ2n) is 6.00. The molecule has 0 aromatic carbocycles. The fourth-order valence-electron chi connectivity index (χ4n) is 2.79. The summed E-state index contributed by atoms with van der Waals surface area (Å²) in [5.74, 6) is 1.58. The summed E-state index contributed by atoms with van der Waals surface area (Å²) >= 11 is 0. The summed E-state index contributed by atoms with van der Waals surface area (Å²) in [6.07, 6.45) is 4.71. The molecule has 0 atom stereocenters. The van der Waals surface area contributed by atoms with Gasteiger partial charge in [-0.3, -0.25) is 4.79 Å². The van der Waals surface area contributed by atoms with Gasteiger partial charge >= 0.3 is 0 Å². The Hall–Kier alpha value is -2.77. The van der Waals surface area contributed by atoms with Crippen LogP contribution in [0.5, 0.6) is 0 Å². The molecule has 1 aliphatic heterocycles. The molecule has 3 heterocycles. The Kier molecular flexibility index (Phi) is 5.71. The van der Waals surface area contributed by atoms with Crippen molar-refractivity contribution in [2.24, 2.45) is 0 Å². The molecule has 0 aliphatic carbocycles. The molecule has 1 fully saturated rings. The van der Waals surface area contributed by atoms with E-state index in [1.165, 1.54) is 0 Å². The van der Waals surface area contributed by atoms with Gasteiger partial charge in [0.2, 0.25) is 11.9 Å². The zero-order chi connectivity index (χ0) is 17.5. The summed E-state index contributed by atoms with van der Waals surface area (Å²) in [6.45, 7) is 5.60. The summed E-state index contributed by atoms with van der Waals surface area (Å²) in [4.78, 5) is 24.7. The predicted molar refractivity (Wildman–Crippen MR) is 95.3 cm³/mol. The van der Waals surface area contributed by atoms with Crippen molar-refractivity contribution >= 4 is 17.7 Å². The van der Waals surface area contributed by atoms with Crippen LogP contribution in [-0.4, -0.2) is 63.7 Å². The number of hydrogen-bond donors (Lipinski definition) is 1. The Balaban J connectivity index is 1.47. The zero-order valence-electron chi connectivity index (χ0n) is 14.4. The first-order chi connectivity index (χ1) is 12.2. The van der Waals surface area contributed by atoms with Crippen molar-refractivity contribution in [2.75, 3.05) is 42.9 Å².